The Morgan fingerprint density at radius 3 is 1.57 bits per heavy atom. The van der Waals surface area contributed by atoms with E-state index in [-0.39, 0.29) is 24.9 Å². The van der Waals surface area contributed by atoms with Crippen LogP contribution in [-0.4, -0.2) is 0 Å². The van der Waals surface area contributed by atoms with Crippen molar-refractivity contribution in [3.63, 3.8) is 0 Å². The van der Waals surface area contributed by atoms with Crippen LogP contribution in [-0.2, 0) is 38.7 Å². The van der Waals surface area contributed by atoms with Gasteiger partial charge in [-0.05, 0) is 79.0 Å². The molecule has 128 valence electrons. The second-order valence-electron chi connectivity index (χ2n) is 7.22. The molecule has 0 aromatic heterocycles. The molecule has 23 heavy (non-hydrogen) atoms. The van der Waals surface area contributed by atoms with Crippen LogP contribution in [0.4, 0.5) is 0 Å². The third-order valence-corrected chi connectivity index (χ3v) is 5.84. The van der Waals surface area contributed by atoms with E-state index >= 15 is 0 Å². The Morgan fingerprint density at radius 1 is 0.783 bits per heavy atom. The SMILES string of the molecule is CCc1cc(CC)c(C2=C(C)C(C)=C(C)C2(C)C)c(CC)c1.[Ru]. The van der Waals surface area contributed by atoms with Crippen molar-refractivity contribution in [1.82, 2.24) is 0 Å². The first-order chi connectivity index (χ1) is 10.3. The van der Waals surface area contributed by atoms with Gasteiger partial charge in [0.05, 0.1) is 0 Å². The molecule has 0 saturated heterocycles. The molecule has 1 heteroatoms. The molecule has 0 saturated carbocycles. The average molecular weight is 398 g/mol. The van der Waals surface area contributed by atoms with E-state index in [4.69, 9.17) is 0 Å². The van der Waals surface area contributed by atoms with Gasteiger partial charge in [-0.25, -0.2) is 0 Å². The normalized spacial score (nSPS) is 16.9. The summed E-state index contributed by atoms with van der Waals surface area (Å²) in [6, 6.07) is 4.88. The molecule has 0 fully saturated rings. The van der Waals surface area contributed by atoms with Crippen LogP contribution in [0, 0.1) is 5.41 Å². The van der Waals surface area contributed by atoms with Crippen molar-refractivity contribution in [3.05, 3.63) is 51.1 Å². The molecular weight excluding hydrogens is 365 g/mol. The topological polar surface area (TPSA) is 0 Å². The van der Waals surface area contributed by atoms with Gasteiger partial charge in [0.1, 0.15) is 0 Å². The fourth-order valence-corrected chi connectivity index (χ4v) is 4.02. The van der Waals surface area contributed by atoms with E-state index in [1.54, 1.807) is 11.1 Å². The van der Waals surface area contributed by atoms with Gasteiger partial charge in [0.2, 0.25) is 0 Å². The maximum atomic E-state index is 2.44. The standard InChI is InChI=1S/C22H32.Ru/c1-9-17-12-18(10-2)20(19(11-3)13-17)21-15(5)14(4)16(6)22(21,7)8;/h12-13H,9-11H2,1-8H3;. The summed E-state index contributed by atoms with van der Waals surface area (Å²) in [6.07, 6.45) is 3.35. The zero-order chi connectivity index (χ0) is 16.7. The van der Waals surface area contributed by atoms with E-state index in [2.05, 4.69) is 67.5 Å². The second kappa shape index (κ2) is 7.48. The van der Waals surface area contributed by atoms with Crippen LogP contribution >= 0.6 is 0 Å². The summed E-state index contributed by atoms with van der Waals surface area (Å²) in [5.41, 5.74) is 12.3. The molecule has 0 atom stereocenters. The van der Waals surface area contributed by atoms with E-state index in [0.717, 1.165) is 19.3 Å². The van der Waals surface area contributed by atoms with Crippen molar-refractivity contribution in [2.24, 2.45) is 5.41 Å². The van der Waals surface area contributed by atoms with Crippen LogP contribution in [0.3, 0.4) is 0 Å². The van der Waals surface area contributed by atoms with Gasteiger partial charge in [0, 0.05) is 24.9 Å². The molecule has 0 nitrogen and oxygen atoms in total. The van der Waals surface area contributed by atoms with Crippen LogP contribution in [0.25, 0.3) is 5.57 Å². The molecule has 1 aliphatic carbocycles. The third kappa shape index (κ3) is 3.27. The summed E-state index contributed by atoms with van der Waals surface area (Å²) >= 11 is 0. The maximum absolute atomic E-state index is 2.44. The Kier molecular flexibility index (Phi) is 6.62. The van der Waals surface area contributed by atoms with Gasteiger partial charge in [0.15, 0.2) is 0 Å². The summed E-state index contributed by atoms with van der Waals surface area (Å²) in [5, 5.41) is 0. The minimum Gasteiger partial charge on any atom is -0.0613 e. The summed E-state index contributed by atoms with van der Waals surface area (Å²) in [6.45, 7) is 18.5. The third-order valence-electron chi connectivity index (χ3n) is 5.84. The van der Waals surface area contributed by atoms with E-state index in [9.17, 15) is 0 Å². The fraction of sp³-hybridized carbons (Fsp3) is 0.545. The van der Waals surface area contributed by atoms with Crippen molar-refractivity contribution >= 4 is 5.57 Å². The van der Waals surface area contributed by atoms with E-state index < -0.39 is 0 Å². The average Bonchev–Trinajstić information content (AvgIpc) is 2.66. The summed E-state index contributed by atoms with van der Waals surface area (Å²) < 4.78 is 0. The molecule has 2 rings (SSSR count). The molecule has 0 spiro atoms. The van der Waals surface area contributed by atoms with Crippen molar-refractivity contribution in [2.75, 3.05) is 0 Å². The molecule has 0 N–H and O–H groups in total. The number of rotatable bonds is 4. The van der Waals surface area contributed by atoms with Crippen LogP contribution in [0.2, 0.25) is 0 Å². The van der Waals surface area contributed by atoms with E-state index in [1.165, 1.54) is 33.4 Å². The molecule has 1 aliphatic rings. The van der Waals surface area contributed by atoms with Crippen molar-refractivity contribution < 1.29 is 19.5 Å². The second-order valence-corrected chi connectivity index (χ2v) is 7.22. The first-order valence-electron chi connectivity index (χ1n) is 8.84. The summed E-state index contributed by atoms with van der Waals surface area (Å²) in [5.74, 6) is 0. The summed E-state index contributed by atoms with van der Waals surface area (Å²) in [7, 11) is 0. The molecule has 1 aromatic carbocycles. The molecule has 0 aliphatic heterocycles. The number of hydrogen-bond acceptors (Lipinski definition) is 0. The maximum Gasteiger partial charge on any atom is 0.0117 e. The predicted molar refractivity (Wildman–Crippen MR) is 99.3 cm³/mol. The molecule has 0 radical (unpaired) electrons. The van der Waals surface area contributed by atoms with Crippen molar-refractivity contribution in [3.8, 4) is 0 Å². The van der Waals surface area contributed by atoms with Crippen LogP contribution in [0.5, 0.6) is 0 Å². The van der Waals surface area contributed by atoms with Gasteiger partial charge in [-0.3, -0.25) is 0 Å². The van der Waals surface area contributed by atoms with Gasteiger partial charge in [-0.1, -0.05) is 52.3 Å². The Bertz CT molecular complexity index is 632. The number of allylic oxidation sites excluding steroid dienone is 4. The minimum atomic E-state index is 0. The monoisotopic (exact) mass is 398 g/mol. The largest absolute Gasteiger partial charge is 0.0613 e. The van der Waals surface area contributed by atoms with E-state index in [0.29, 0.717) is 0 Å². The summed E-state index contributed by atoms with van der Waals surface area (Å²) in [4.78, 5) is 0. The Labute approximate surface area is 156 Å². The zero-order valence-electron chi connectivity index (χ0n) is 16.1. The van der Waals surface area contributed by atoms with Gasteiger partial charge in [0.25, 0.3) is 0 Å². The first-order valence-corrected chi connectivity index (χ1v) is 8.84. The number of aryl methyl sites for hydroxylation is 3. The first kappa shape index (κ1) is 20.4. The van der Waals surface area contributed by atoms with Gasteiger partial charge in [-0.15, -0.1) is 0 Å². The Morgan fingerprint density at radius 2 is 1.26 bits per heavy atom. The Hall–Kier alpha value is -0.677. The quantitative estimate of drug-likeness (QED) is 0.507. The molecule has 1 aromatic rings. The molecular formula is C22H32Ru. The fourth-order valence-electron chi connectivity index (χ4n) is 4.02. The van der Waals surface area contributed by atoms with Crippen molar-refractivity contribution in [2.45, 2.75) is 74.7 Å². The van der Waals surface area contributed by atoms with Crippen molar-refractivity contribution in [1.29, 1.82) is 0 Å². The van der Waals surface area contributed by atoms with Crippen LogP contribution in [0.1, 0.15) is 77.6 Å². The van der Waals surface area contributed by atoms with E-state index in [1.807, 2.05) is 0 Å². The minimum absolute atomic E-state index is 0. The smallest absolute Gasteiger partial charge is 0.0117 e. The molecule has 0 heterocycles. The number of hydrogen-bond donors (Lipinski definition) is 0. The van der Waals surface area contributed by atoms with Gasteiger partial charge >= 0.3 is 0 Å². The van der Waals surface area contributed by atoms with Crippen LogP contribution < -0.4 is 0 Å². The van der Waals surface area contributed by atoms with Gasteiger partial charge in [-0.2, -0.15) is 0 Å². The Balaban J connectivity index is 0.00000264. The van der Waals surface area contributed by atoms with Crippen LogP contribution in [0.15, 0.2) is 28.9 Å². The number of benzene rings is 1. The molecule has 0 bridgehead atoms. The zero-order valence-corrected chi connectivity index (χ0v) is 17.9. The molecule has 0 amide bonds. The van der Waals surface area contributed by atoms with Gasteiger partial charge < -0.3 is 0 Å². The molecule has 0 unspecified atom stereocenters. The predicted octanol–water partition coefficient (Wildman–Crippen LogP) is 6.52.